The Morgan fingerprint density at radius 3 is 2.73 bits per heavy atom. The molecular formula is C21H33N3O2. The largest absolute Gasteiger partial charge is 0.493 e. The number of para-hydroxylation sites is 1. The van der Waals surface area contributed by atoms with Crippen LogP contribution in [0.15, 0.2) is 24.3 Å². The van der Waals surface area contributed by atoms with Crippen LogP contribution in [0.25, 0.3) is 0 Å². The summed E-state index contributed by atoms with van der Waals surface area (Å²) in [7, 11) is 4.16. The molecule has 0 aliphatic carbocycles. The Morgan fingerprint density at radius 2 is 1.92 bits per heavy atom. The molecule has 0 radical (unpaired) electrons. The Kier molecular flexibility index (Phi) is 6.20. The lowest BCUT2D eigenvalue weighted by atomic mass is 9.86. The summed E-state index contributed by atoms with van der Waals surface area (Å²) in [5.74, 6) is 1.30. The van der Waals surface area contributed by atoms with E-state index < -0.39 is 0 Å². The van der Waals surface area contributed by atoms with Gasteiger partial charge in [-0.05, 0) is 32.4 Å². The topological polar surface area (TPSA) is 36.0 Å². The standard InChI is InChI=1S/C21H33N3O2/c1-4-15-26-19-8-6-5-7-18(19)16-24-14-13-23(3)21(17-24)10-9-20(25)22(2)12-11-21/h5-8H,4,9-17H2,1-3H3. The molecule has 0 N–H and O–H groups in total. The third-order valence-corrected chi connectivity index (χ3v) is 6.05. The van der Waals surface area contributed by atoms with Gasteiger partial charge in [-0.25, -0.2) is 0 Å². The number of likely N-dealkylation sites (tertiary alicyclic amines) is 1. The highest BCUT2D eigenvalue weighted by Gasteiger charge is 2.41. The molecule has 0 aromatic heterocycles. The molecule has 5 nitrogen and oxygen atoms in total. The third kappa shape index (κ3) is 4.21. The number of rotatable bonds is 5. The predicted octanol–water partition coefficient (Wildman–Crippen LogP) is 2.60. The van der Waals surface area contributed by atoms with Gasteiger partial charge in [-0.15, -0.1) is 0 Å². The summed E-state index contributed by atoms with van der Waals surface area (Å²) in [6.45, 7) is 7.80. The van der Waals surface area contributed by atoms with E-state index in [0.717, 1.165) is 64.3 Å². The van der Waals surface area contributed by atoms with E-state index in [2.05, 4.69) is 42.0 Å². The lowest BCUT2D eigenvalue weighted by Gasteiger charge is -2.49. The zero-order chi connectivity index (χ0) is 18.6. The summed E-state index contributed by atoms with van der Waals surface area (Å²) in [5.41, 5.74) is 1.38. The van der Waals surface area contributed by atoms with E-state index in [1.807, 2.05) is 18.0 Å². The summed E-state index contributed by atoms with van der Waals surface area (Å²) in [6, 6.07) is 8.41. The molecule has 3 rings (SSSR count). The molecule has 26 heavy (non-hydrogen) atoms. The average Bonchev–Trinajstić information content (AvgIpc) is 2.79. The first-order chi connectivity index (χ1) is 12.5. The Bertz CT molecular complexity index is 621. The van der Waals surface area contributed by atoms with Crippen molar-refractivity contribution in [1.29, 1.82) is 0 Å². The van der Waals surface area contributed by atoms with Crippen LogP contribution in [0.1, 0.15) is 38.2 Å². The molecule has 2 heterocycles. The molecule has 2 saturated heterocycles. The number of hydrogen-bond acceptors (Lipinski definition) is 4. The molecule has 0 bridgehead atoms. The van der Waals surface area contributed by atoms with Crippen molar-refractivity contribution in [2.24, 2.45) is 0 Å². The van der Waals surface area contributed by atoms with Gasteiger partial charge >= 0.3 is 0 Å². The smallest absolute Gasteiger partial charge is 0.222 e. The maximum absolute atomic E-state index is 12.1. The van der Waals surface area contributed by atoms with Crippen molar-refractivity contribution in [3.05, 3.63) is 29.8 Å². The van der Waals surface area contributed by atoms with Crippen molar-refractivity contribution in [2.75, 3.05) is 46.9 Å². The van der Waals surface area contributed by atoms with E-state index in [0.29, 0.717) is 6.42 Å². The Hall–Kier alpha value is -1.59. The number of carbonyl (C=O) groups excluding carboxylic acids is 1. The second-order valence-electron chi connectivity index (χ2n) is 7.88. The number of piperazine rings is 1. The number of carbonyl (C=O) groups is 1. The molecule has 1 aromatic rings. The molecule has 1 atom stereocenters. The van der Waals surface area contributed by atoms with Crippen molar-refractivity contribution in [2.45, 2.75) is 44.7 Å². The normalized spacial score (nSPS) is 25.5. The van der Waals surface area contributed by atoms with Gasteiger partial charge in [0, 0.05) is 57.3 Å². The highest BCUT2D eigenvalue weighted by atomic mass is 16.5. The van der Waals surface area contributed by atoms with Crippen molar-refractivity contribution < 1.29 is 9.53 Å². The molecule has 1 unspecified atom stereocenters. The minimum absolute atomic E-state index is 0.109. The molecule has 0 saturated carbocycles. The molecule has 2 aliphatic rings. The van der Waals surface area contributed by atoms with Crippen LogP contribution >= 0.6 is 0 Å². The maximum Gasteiger partial charge on any atom is 0.222 e. The van der Waals surface area contributed by atoms with Crippen molar-refractivity contribution >= 4 is 5.91 Å². The van der Waals surface area contributed by atoms with Crippen LogP contribution in [0.2, 0.25) is 0 Å². The molecular weight excluding hydrogens is 326 g/mol. The molecule has 1 aromatic carbocycles. The first kappa shape index (κ1) is 19.2. The molecule has 2 aliphatic heterocycles. The van der Waals surface area contributed by atoms with Gasteiger partial charge in [-0.1, -0.05) is 25.1 Å². The molecule has 2 fully saturated rings. The first-order valence-corrected chi connectivity index (χ1v) is 9.92. The Balaban J connectivity index is 1.72. The molecule has 1 amide bonds. The van der Waals surface area contributed by atoms with Crippen LogP contribution in [-0.2, 0) is 11.3 Å². The minimum atomic E-state index is 0.109. The van der Waals surface area contributed by atoms with Crippen LogP contribution < -0.4 is 4.74 Å². The van der Waals surface area contributed by atoms with Crippen LogP contribution in [0.3, 0.4) is 0 Å². The second kappa shape index (κ2) is 8.40. The van der Waals surface area contributed by atoms with Crippen molar-refractivity contribution in [3.8, 4) is 5.75 Å². The Labute approximate surface area is 157 Å². The lowest BCUT2D eigenvalue weighted by Crippen LogP contribution is -2.60. The number of hydrogen-bond donors (Lipinski definition) is 0. The monoisotopic (exact) mass is 359 g/mol. The summed E-state index contributed by atoms with van der Waals surface area (Å²) in [6.07, 6.45) is 3.69. The zero-order valence-corrected chi connectivity index (χ0v) is 16.5. The zero-order valence-electron chi connectivity index (χ0n) is 16.5. The molecule has 144 valence electrons. The van der Waals surface area contributed by atoms with Gasteiger partial charge in [0.15, 0.2) is 0 Å². The fourth-order valence-electron chi connectivity index (χ4n) is 4.20. The molecule has 5 heteroatoms. The number of amides is 1. The van der Waals surface area contributed by atoms with Crippen LogP contribution in [0.5, 0.6) is 5.75 Å². The highest BCUT2D eigenvalue weighted by Crippen LogP contribution is 2.33. The van der Waals surface area contributed by atoms with E-state index in [1.54, 1.807) is 0 Å². The van der Waals surface area contributed by atoms with Crippen LogP contribution in [-0.4, -0.2) is 73.0 Å². The summed E-state index contributed by atoms with van der Waals surface area (Å²) in [5, 5.41) is 0. The number of benzene rings is 1. The number of likely N-dealkylation sites (N-methyl/N-ethyl adjacent to an activating group) is 1. The number of ether oxygens (including phenoxy) is 1. The van der Waals surface area contributed by atoms with Gasteiger partial charge in [-0.2, -0.15) is 0 Å². The second-order valence-corrected chi connectivity index (χ2v) is 7.88. The van der Waals surface area contributed by atoms with Gasteiger partial charge in [0.1, 0.15) is 5.75 Å². The van der Waals surface area contributed by atoms with Gasteiger partial charge in [0.25, 0.3) is 0 Å². The van der Waals surface area contributed by atoms with Crippen molar-refractivity contribution in [3.63, 3.8) is 0 Å². The SMILES string of the molecule is CCCOc1ccccc1CN1CCN(C)C2(CCC(=O)N(C)CC2)C1. The maximum atomic E-state index is 12.1. The van der Waals surface area contributed by atoms with E-state index in [-0.39, 0.29) is 11.4 Å². The fraction of sp³-hybridized carbons (Fsp3) is 0.667. The quantitative estimate of drug-likeness (QED) is 0.810. The van der Waals surface area contributed by atoms with Gasteiger partial charge in [0.2, 0.25) is 5.91 Å². The third-order valence-electron chi connectivity index (χ3n) is 6.05. The van der Waals surface area contributed by atoms with Crippen molar-refractivity contribution in [1.82, 2.24) is 14.7 Å². The lowest BCUT2D eigenvalue weighted by molar-refractivity contribution is -0.129. The van der Waals surface area contributed by atoms with E-state index >= 15 is 0 Å². The first-order valence-electron chi connectivity index (χ1n) is 9.92. The van der Waals surface area contributed by atoms with Crippen LogP contribution in [0.4, 0.5) is 0 Å². The van der Waals surface area contributed by atoms with E-state index in [9.17, 15) is 4.79 Å². The van der Waals surface area contributed by atoms with Gasteiger partial charge < -0.3 is 9.64 Å². The summed E-state index contributed by atoms with van der Waals surface area (Å²) < 4.78 is 5.95. The summed E-state index contributed by atoms with van der Waals surface area (Å²) in [4.78, 5) is 19.1. The van der Waals surface area contributed by atoms with Crippen LogP contribution in [0, 0.1) is 0 Å². The summed E-state index contributed by atoms with van der Waals surface area (Å²) >= 11 is 0. The number of nitrogens with zero attached hydrogens (tertiary/aromatic N) is 3. The van der Waals surface area contributed by atoms with E-state index in [1.165, 1.54) is 5.56 Å². The fourth-order valence-corrected chi connectivity index (χ4v) is 4.20. The predicted molar refractivity (Wildman–Crippen MR) is 104 cm³/mol. The van der Waals surface area contributed by atoms with Gasteiger partial charge in [0.05, 0.1) is 6.61 Å². The minimum Gasteiger partial charge on any atom is -0.493 e. The van der Waals surface area contributed by atoms with Gasteiger partial charge in [-0.3, -0.25) is 14.6 Å². The van der Waals surface area contributed by atoms with E-state index in [4.69, 9.17) is 4.74 Å². The average molecular weight is 360 g/mol. The molecule has 1 spiro atoms. The highest BCUT2D eigenvalue weighted by molar-refractivity contribution is 5.76. The Morgan fingerprint density at radius 1 is 1.12 bits per heavy atom.